The molecule has 0 aliphatic heterocycles. The molecule has 4 N–H and O–H groups in total. The molecule has 1 amide bonds. The Morgan fingerprint density at radius 3 is 2.38 bits per heavy atom. The number of rotatable bonds is 8. The lowest BCUT2D eigenvalue weighted by Gasteiger charge is -2.31. The maximum Gasteiger partial charge on any atom is 0.274 e. The van der Waals surface area contributed by atoms with E-state index in [0.717, 1.165) is 60.1 Å². The minimum Gasteiger partial charge on any atom is -0.382 e. The van der Waals surface area contributed by atoms with E-state index in [9.17, 15) is 18.0 Å². The number of hydrogen-bond donors (Lipinski definition) is 4. The van der Waals surface area contributed by atoms with Gasteiger partial charge < -0.3 is 25.5 Å². The van der Waals surface area contributed by atoms with Crippen molar-refractivity contribution >= 4 is 38.0 Å². The number of nitrogens with zero attached hydrogens (tertiary/aromatic N) is 1. The zero-order valence-corrected chi connectivity index (χ0v) is 23.8. The van der Waals surface area contributed by atoms with Crippen molar-refractivity contribution in [3.05, 3.63) is 76.8 Å². The molecular weight excluding hydrogens is 526 g/mol. The van der Waals surface area contributed by atoms with Crippen LogP contribution in [0.1, 0.15) is 38.2 Å². The molecule has 2 aromatic heterocycles. The van der Waals surface area contributed by atoms with Gasteiger partial charge in [-0.05, 0) is 67.6 Å². The minimum absolute atomic E-state index is 0.0816. The fourth-order valence-corrected chi connectivity index (χ4v) is 6.07. The van der Waals surface area contributed by atoms with Gasteiger partial charge in [-0.2, -0.15) is 0 Å². The Morgan fingerprint density at radius 2 is 1.70 bits per heavy atom. The Hall–Kier alpha value is -3.89. The van der Waals surface area contributed by atoms with E-state index in [1.807, 2.05) is 36.4 Å². The van der Waals surface area contributed by atoms with E-state index in [0.29, 0.717) is 11.6 Å². The number of H-pyrrole nitrogens is 1. The summed E-state index contributed by atoms with van der Waals surface area (Å²) in [6.45, 7) is 2.26. The lowest BCUT2D eigenvalue weighted by molar-refractivity contribution is -0.114. The molecule has 1 aliphatic rings. The zero-order chi connectivity index (χ0) is 28.4. The number of aromatic amines is 1. The second-order valence-electron chi connectivity index (χ2n) is 10.7. The van der Waals surface area contributed by atoms with Gasteiger partial charge in [0.1, 0.15) is 5.52 Å². The average molecular weight is 562 g/mol. The van der Waals surface area contributed by atoms with Crippen LogP contribution < -0.4 is 21.5 Å². The summed E-state index contributed by atoms with van der Waals surface area (Å²) in [5.41, 5.74) is 4.72. The predicted molar refractivity (Wildman–Crippen MR) is 159 cm³/mol. The third kappa shape index (κ3) is 6.13. The molecule has 9 nitrogen and oxygen atoms in total. The van der Waals surface area contributed by atoms with Crippen molar-refractivity contribution in [2.75, 3.05) is 16.9 Å². The van der Waals surface area contributed by atoms with Crippen molar-refractivity contribution in [1.29, 1.82) is 0 Å². The fourth-order valence-electron chi connectivity index (χ4n) is 5.42. The number of aryl methyl sites for hydroxylation is 1. The normalized spacial score (nSPS) is 17.6. The summed E-state index contributed by atoms with van der Waals surface area (Å²) < 4.78 is 26.3. The molecule has 2 heterocycles. The van der Waals surface area contributed by atoms with E-state index >= 15 is 0 Å². The number of anilines is 2. The number of aromatic nitrogens is 2. The van der Waals surface area contributed by atoms with Crippen molar-refractivity contribution < 1.29 is 13.2 Å². The second kappa shape index (κ2) is 11.3. The van der Waals surface area contributed by atoms with Crippen LogP contribution in [-0.4, -0.2) is 42.2 Å². The maximum atomic E-state index is 12.6. The van der Waals surface area contributed by atoms with Crippen LogP contribution in [0.25, 0.3) is 22.0 Å². The largest absolute Gasteiger partial charge is 0.382 e. The number of nitrogens with one attached hydrogen (secondary N) is 4. The number of amides is 1. The lowest BCUT2D eigenvalue weighted by atomic mass is 9.90. The molecule has 2 aromatic carbocycles. The Balaban J connectivity index is 1.30. The number of carbonyl (C=O) groups is 1. The molecule has 40 heavy (non-hydrogen) atoms. The highest BCUT2D eigenvalue weighted by Crippen LogP contribution is 2.36. The number of pyridine rings is 1. The van der Waals surface area contributed by atoms with Gasteiger partial charge in [-0.3, -0.25) is 9.59 Å². The van der Waals surface area contributed by atoms with Crippen LogP contribution in [0.4, 0.5) is 11.4 Å². The van der Waals surface area contributed by atoms with Crippen LogP contribution in [0.15, 0.2) is 70.6 Å². The lowest BCUT2D eigenvalue weighted by Crippen LogP contribution is -2.36. The number of sulfone groups is 1. The van der Waals surface area contributed by atoms with E-state index in [2.05, 4.69) is 20.9 Å². The van der Waals surface area contributed by atoms with Crippen molar-refractivity contribution in [1.82, 2.24) is 14.9 Å². The van der Waals surface area contributed by atoms with Crippen molar-refractivity contribution in [3.63, 3.8) is 0 Å². The minimum atomic E-state index is -3.42. The van der Waals surface area contributed by atoms with E-state index in [1.165, 1.54) is 23.3 Å². The Kier molecular flexibility index (Phi) is 7.82. The number of hydrogen-bond acceptors (Lipinski definition) is 6. The van der Waals surface area contributed by atoms with Crippen LogP contribution in [0, 0.1) is 0 Å². The molecule has 0 radical (unpaired) electrons. The molecule has 0 spiro atoms. The molecule has 1 saturated carbocycles. The van der Waals surface area contributed by atoms with Crippen LogP contribution in [0.2, 0.25) is 0 Å². The standard InChI is InChI=1S/C30H35N5O4S/c1-19(36)33-22-6-4-20(5-7-22)17-32-21-8-10-23(11-9-21)34-28-13-12-24(40(3,38)39)16-26(28)27-18-35(2)30(37)29-25(27)14-15-31-29/h4-7,12-16,18,21,23,31-32,34H,8-11,17H2,1-3H3,(H,33,36)/t21-,23-. The van der Waals surface area contributed by atoms with Gasteiger partial charge in [0.25, 0.3) is 5.56 Å². The van der Waals surface area contributed by atoms with E-state index in [1.54, 1.807) is 31.6 Å². The number of carbonyl (C=O) groups excluding carboxylic acids is 1. The molecule has 0 saturated heterocycles. The van der Waals surface area contributed by atoms with Crippen molar-refractivity contribution in [2.24, 2.45) is 7.05 Å². The smallest absolute Gasteiger partial charge is 0.274 e. The molecule has 0 bridgehead atoms. The van der Waals surface area contributed by atoms with Gasteiger partial charge in [-0.25, -0.2) is 8.42 Å². The van der Waals surface area contributed by atoms with Crippen LogP contribution in [0.5, 0.6) is 0 Å². The van der Waals surface area contributed by atoms with Crippen LogP contribution >= 0.6 is 0 Å². The number of fused-ring (bicyclic) bond motifs is 1. The summed E-state index contributed by atoms with van der Waals surface area (Å²) in [6, 6.07) is 15.6. The molecular formula is C30H35N5O4S. The van der Waals surface area contributed by atoms with Gasteiger partial charge in [-0.15, -0.1) is 0 Å². The molecule has 0 unspecified atom stereocenters. The maximum absolute atomic E-state index is 12.6. The Labute approximate surface area is 233 Å². The molecule has 210 valence electrons. The van der Waals surface area contributed by atoms with E-state index in [4.69, 9.17) is 0 Å². The van der Waals surface area contributed by atoms with Crippen LogP contribution in [0.3, 0.4) is 0 Å². The summed E-state index contributed by atoms with van der Waals surface area (Å²) in [6.07, 6.45) is 8.68. The summed E-state index contributed by atoms with van der Waals surface area (Å²) in [5.74, 6) is -0.0816. The first-order valence-electron chi connectivity index (χ1n) is 13.5. The third-order valence-electron chi connectivity index (χ3n) is 7.56. The summed E-state index contributed by atoms with van der Waals surface area (Å²) in [7, 11) is -1.72. The summed E-state index contributed by atoms with van der Waals surface area (Å²) in [4.78, 5) is 27.1. The van der Waals surface area contributed by atoms with Gasteiger partial charge in [0.2, 0.25) is 5.91 Å². The topological polar surface area (TPSA) is 125 Å². The molecule has 0 atom stereocenters. The quantitative estimate of drug-likeness (QED) is 0.253. The molecule has 4 aromatic rings. The van der Waals surface area contributed by atoms with Gasteiger partial charge >= 0.3 is 0 Å². The highest BCUT2D eigenvalue weighted by Gasteiger charge is 2.23. The first-order chi connectivity index (χ1) is 19.1. The second-order valence-corrected chi connectivity index (χ2v) is 12.7. The van der Waals surface area contributed by atoms with Crippen LogP contribution in [-0.2, 0) is 28.2 Å². The average Bonchev–Trinajstić information content (AvgIpc) is 3.41. The number of benzene rings is 2. The molecule has 1 fully saturated rings. The van der Waals surface area contributed by atoms with Crippen molar-refractivity contribution in [2.45, 2.75) is 56.1 Å². The highest BCUT2D eigenvalue weighted by atomic mass is 32.2. The molecule has 10 heteroatoms. The monoisotopic (exact) mass is 561 g/mol. The Morgan fingerprint density at radius 1 is 1.00 bits per heavy atom. The SMILES string of the molecule is CC(=O)Nc1ccc(CN[C@H]2CC[C@H](Nc3ccc(S(C)(=O)=O)cc3-c3cn(C)c(=O)c4[nH]ccc34)CC2)cc1. The predicted octanol–water partition coefficient (Wildman–Crippen LogP) is 4.41. The zero-order valence-electron chi connectivity index (χ0n) is 23.0. The fraction of sp³-hybridized carbons (Fsp3) is 0.333. The first kappa shape index (κ1) is 27.7. The Bertz CT molecular complexity index is 1700. The van der Waals surface area contributed by atoms with Crippen molar-refractivity contribution in [3.8, 4) is 11.1 Å². The molecule has 1 aliphatic carbocycles. The summed E-state index contributed by atoms with van der Waals surface area (Å²) >= 11 is 0. The van der Waals surface area contributed by atoms with Gasteiger partial charge in [-0.1, -0.05) is 12.1 Å². The summed E-state index contributed by atoms with van der Waals surface area (Å²) in [5, 5.41) is 10.9. The van der Waals surface area contributed by atoms with Gasteiger partial charge in [0.05, 0.1) is 4.90 Å². The first-order valence-corrected chi connectivity index (χ1v) is 15.4. The third-order valence-corrected chi connectivity index (χ3v) is 8.67. The van der Waals surface area contributed by atoms with E-state index in [-0.39, 0.29) is 22.4 Å². The highest BCUT2D eigenvalue weighted by molar-refractivity contribution is 7.90. The molecule has 5 rings (SSSR count). The van der Waals surface area contributed by atoms with Gasteiger partial charge in [0, 0.05) is 79.1 Å². The van der Waals surface area contributed by atoms with E-state index < -0.39 is 9.84 Å². The van der Waals surface area contributed by atoms with Gasteiger partial charge in [0.15, 0.2) is 9.84 Å².